The van der Waals surface area contributed by atoms with Crippen molar-refractivity contribution in [1.82, 2.24) is 15.0 Å². The van der Waals surface area contributed by atoms with Gasteiger partial charge in [0.05, 0.1) is 23.7 Å². The molecule has 0 aliphatic heterocycles. The van der Waals surface area contributed by atoms with Crippen LogP contribution in [0.5, 0.6) is 5.75 Å². The largest absolute Gasteiger partial charge is 0.497 e. The summed E-state index contributed by atoms with van der Waals surface area (Å²) in [4.78, 5) is 24.8. The second-order valence-corrected chi connectivity index (χ2v) is 7.01. The fourth-order valence-electron chi connectivity index (χ4n) is 3.61. The van der Waals surface area contributed by atoms with Gasteiger partial charge in [0.15, 0.2) is 5.78 Å². The summed E-state index contributed by atoms with van der Waals surface area (Å²) in [7, 11) is 1.59. The number of para-hydroxylation sites is 3. The number of ether oxygens (including phenoxy) is 1. The summed E-state index contributed by atoms with van der Waals surface area (Å²) in [6.07, 6.45) is 3.80. The number of rotatable bonds is 5. The molecule has 0 bridgehead atoms. The molecule has 5 rings (SSSR count). The topological polar surface area (TPSA) is 70.8 Å². The zero-order valence-corrected chi connectivity index (χ0v) is 16.3. The highest BCUT2D eigenvalue weighted by atomic mass is 16.5. The number of aromatic amines is 2. The summed E-state index contributed by atoms with van der Waals surface area (Å²) in [6.45, 7) is 0. The minimum Gasteiger partial charge on any atom is -0.497 e. The molecule has 5 nitrogen and oxygen atoms in total. The van der Waals surface area contributed by atoms with Crippen LogP contribution >= 0.6 is 0 Å². The average Bonchev–Trinajstić information content (AvgIpc) is 3.41. The molecule has 0 aliphatic carbocycles. The highest BCUT2D eigenvalue weighted by Crippen LogP contribution is 2.27. The van der Waals surface area contributed by atoms with E-state index in [4.69, 9.17) is 4.74 Å². The molecule has 0 radical (unpaired) electrons. The molecule has 0 aliphatic rings. The standard InChI is InChI=1S/C25H19N3O2/c1-30-18-8-6-7-16(13-18)24(29)20(25-27-22-11-4-5-12-23(22)28-25)14-17-15-26-21-10-3-2-9-19(17)21/h2-15,26H,1H3,(H,27,28)/b20-14+. The smallest absolute Gasteiger partial charge is 0.196 e. The van der Waals surface area contributed by atoms with Gasteiger partial charge in [-0.1, -0.05) is 42.5 Å². The van der Waals surface area contributed by atoms with E-state index in [0.29, 0.717) is 22.7 Å². The molecule has 5 aromatic rings. The Morgan fingerprint density at radius 1 is 0.967 bits per heavy atom. The van der Waals surface area contributed by atoms with Gasteiger partial charge in [-0.2, -0.15) is 0 Å². The molecule has 0 spiro atoms. The van der Waals surface area contributed by atoms with Crippen LogP contribution < -0.4 is 4.74 Å². The van der Waals surface area contributed by atoms with Gasteiger partial charge in [0, 0.05) is 28.2 Å². The van der Waals surface area contributed by atoms with Crippen LogP contribution in [-0.4, -0.2) is 27.8 Å². The lowest BCUT2D eigenvalue weighted by Crippen LogP contribution is -2.04. The number of fused-ring (bicyclic) bond motifs is 2. The molecule has 0 amide bonds. The summed E-state index contributed by atoms with van der Waals surface area (Å²) in [6, 6.07) is 22.9. The van der Waals surface area contributed by atoms with Crippen LogP contribution in [0.15, 0.2) is 79.0 Å². The van der Waals surface area contributed by atoms with E-state index < -0.39 is 0 Å². The summed E-state index contributed by atoms with van der Waals surface area (Å²) in [5, 5.41) is 1.05. The average molecular weight is 393 g/mol. The fourth-order valence-corrected chi connectivity index (χ4v) is 3.61. The number of hydrogen-bond acceptors (Lipinski definition) is 3. The normalized spacial score (nSPS) is 11.8. The van der Waals surface area contributed by atoms with Crippen LogP contribution in [0.3, 0.4) is 0 Å². The number of hydrogen-bond donors (Lipinski definition) is 2. The van der Waals surface area contributed by atoms with E-state index in [2.05, 4.69) is 15.0 Å². The predicted molar refractivity (Wildman–Crippen MR) is 120 cm³/mol. The van der Waals surface area contributed by atoms with Gasteiger partial charge in [0.2, 0.25) is 0 Å². The molecule has 0 atom stereocenters. The second-order valence-electron chi connectivity index (χ2n) is 7.01. The van der Waals surface area contributed by atoms with Crippen molar-refractivity contribution in [2.24, 2.45) is 0 Å². The van der Waals surface area contributed by atoms with Crippen LogP contribution in [0, 0.1) is 0 Å². The van der Waals surface area contributed by atoms with Gasteiger partial charge >= 0.3 is 0 Å². The molecule has 0 unspecified atom stereocenters. The number of allylic oxidation sites excluding steroid dienone is 1. The van der Waals surface area contributed by atoms with Crippen LogP contribution in [-0.2, 0) is 0 Å². The third-order valence-corrected chi connectivity index (χ3v) is 5.14. The van der Waals surface area contributed by atoms with E-state index in [0.717, 1.165) is 27.5 Å². The number of aromatic nitrogens is 3. The van der Waals surface area contributed by atoms with Crippen LogP contribution in [0.25, 0.3) is 33.6 Å². The van der Waals surface area contributed by atoms with Gasteiger partial charge < -0.3 is 14.7 Å². The number of imidazole rings is 1. The van der Waals surface area contributed by atoms with Crippen molar-refractivity contribution in [3.63, 3.8) is 0 Å². The number of carbonyl (C=O) groups excluding carboxylic acids is 1. The zero-order chi connectivity index (χ0) is 20.5. The summed E-state index contributed by atoms with van der Waals surface area (Å²) in [5.41, 5.74) is 4.68. The minimum absolute atomic E-state index is 0.127. The second kappa shape index (κ2) is 7.37. The highest BCUT2D eigenvalue weighted by Gasteiger charge is 2.19. The molecular weight excluding hydrogens is 374 g/mol. The number of nitrogens with one attached hydrogen (secondary N) is 2. The molecule has 0 fully saturated rings. The summed E-state index contributed by atoms with van der Waals surface area (Å²) >= 11 is 0. The van der Waals surface area contributed by atoms with Crippen molar-refractivity contribution in [2.45, 2.75) is 0 Å². The SMILES string of the molecule is COc1cccc(C(=O)/C(=C\c2c[nH]c3ccccc23)c2nc3ccccc3[nH]2)c1. The molecule has 146 valence electrons. The first-order valence-electron chi connectivity index (χ1n) is 9.64. The summed E-state index contributed by atoms with van der Waals surface area (Å²) < 4.78 is 5.30. The Labute approximate surface area is 173 Å². The third-order valence-electron chi connectivity index (χ3n) is 5.14. The Balaban J connectivity index is 1.69. The number of benzene rings is 3. The van der Waals surface area contributed by atoms with E-state index in [1.807, 2.05) is 72.9 Å². The maximum absolute atomic E-state index is 13.6. The number of H-pyrrole nitrogens is 2. The Morgan fingerprint density at radius 2 is 1.77 bits per heavy atom. The van der Waals surface area contributed by atoms with Crippen molar-refractivity contribution < 1.29 is 9.53 Å². The summed E-state index contributed by atoms with van der Waals surface area (Å²) in [5.74, 6) is 1.05. The van der Waals surface area contributed by atoms with Crippen molar-refractivity contribution >= 4 is 39.4 Å². The molecular formula is C25H19N3O2. The van der Waals surface area contributed by atoms with Crippen molar-refractivity contribution in [1.29, 1.82) is 0 Å². The Bertz CT molecular complexity index is 1380. The first kappa shape index (κ1) is 17.9. The van der Waals surface area contributed by atoms with Gasteiger partial charge in [0.25, 0.3) is 0 Å². The van der Waals surface area contributed by atoms with Crippen molar-refractivity contribution in [3.8, 4) is 5.75 Å². The Kier molecular flexibility index (Phi) is 4.41. The maximum atomic E-state index is 13.6. The number of methoxy groups -OCH3 is 1. The lowest BCUT2D eigenvalue weighted by Gasteiger charge is -2.06. The molecule has 2 aromatic heterocycles. The molecule has 0 saturated carbocycles. The van der Waals surface area contributed by atoms with E-state index in [9.17, 15) is 4.79 Å². The van der Waals surface area contributed by atoms with Gasteiger partial charge in [-0.3, -0.25) is 4.79 Å². The number of carbonyl (C=O) groups is 1. The fraction of sp³-hybridized carbons (Fsp3) is 0.0400. The van der Waals surface area contributed by atoms with Crippen LogP contribution in [0.2, 0.25) is 0 Å². The highest BCUT2D eigenvalue weighted by molar-refractivity contribution is 6.32. The first-order valence-corrected chi connectivity index (χ1v) is 9.64. The van der Waals surface area contributed by atoms with E-state index in [1.54, 1.807) is 19.2 Å². The van der Waals surface area contributed by atoms with Crippen molar-refractivity contribution in [3.05, 3.63) is 95.9 Å². The van der Waals surface area contributed by atoms with E-state index >= 15 is 0 Å². The number of Topliss-reactive ketones (excluding diaryl/α,β-unsaturated/α-hetero) is 1. The molecule has 30 heavy (non-hydrogen) atoms. The Morgan fingerprint density at radius 3 is 2.60 bits per heavy atom. The molecule has 2 heterocycles. The first-order chi connectivity index (χ1) is 14.7. The maximum Gasteiger partial charge on any atom is 0.196 e. The van der Waals surface area contributed by atoms with E-state index in [1.165, 1.54) is 0 Å². The third kappa shape index (κ3) is 3.16. The lowest BCUT2D eigenvalue weighted by molar-refractivity contribution is 0.105. The Hall–Kier alpha value is -4.12. The predicted octanol–water partition coefficient (Wildman–Crippen LogP) is 5.48. The number of ketones is 1. The lowest BCUT2D eigenvalue weighted by atomic mass is 10.00. The molecule has 2 N–H and O–H groups in total. The quantitative estimate of drug-likeness (QED) is 0.307. The minimum atomic E-state index is -0.127. The molecule has 0 saturated heterocycles. The zero-order valence-electron chi connectivity index (χ0n) is 16.3. The molecule has 5 heteroatoms. The van der Waals surface area contributed by atoms with Gasteiger partial charge in [-0.05, 0) is 36.4 Å². The van der Waals surface area contributed by atoms with Gasteiger partial charge in [0.1, 0.15) is 11.6 Å². The van der Waals surface area contributed by atoms with Crippen molar-refractivity contribution in [2.75, 3.05) is 7.11 Å². The van der Waals surface area contributed by atoms with Crippen LogP contribution in [0.1, 0.15) is 21.7 Å². The van der Waals surface area contributed by atoms with Gasteiger partial charge in [-0.15, -0.1) is 0 Å². The van der Waals surface area contributed by atoms with Gasteiger partial charge in [-0.25, -0.2) is 4.98 Å². The molecule has 3 aromatic carbocycles. The van der Waals surface area contributed by atoms with E-state index in [-0.39, 0.29) is 5.78 Å². The monoisotopic (exact) mass is 393 g/mol. The number of nitrogens with zero attached hydrogens (tertiary/aromatic N) is 1. The van der Waals surface area contributed by atoms with Crippen LogP contribution in [0.4, 0.5) is 0 Å².